The Labute approximate surface area is 141 Å². The Morgan fingerprint density at radius 2 is 1.88 bits per heavy atom. The van der Waals surface area contributed by atoms with Gasteiger partial charge in [0.2, 0.25) is 0 Å². The summed E-state index contributed by atoms with van der Waals surface area (Å²) in [7, 11) is 0. The van der Waals surface area contributed by atoms with Gasteiger partial charge in [-0.15, -0.1) is 0 Å². The van der Waals surface area contributed by atoms with Gasteiger partial charge >= 0.3 is 12.1 Å². The van der Waals surface area contributed by atoms with Crippen molar-refractivity contribution in [1.29, 1.82) is 0 Å². The largest absolute Gasteiger partial charge is 0.503 e. The number of aryl methyl sites for hydroxylation is 1. The maximum atomic E-state index is 11.3. The minimum absolute atomic E-state index is 0.148. The van der Waals surface area contributed by atoms with Gasteiger partial charge in [-0.1, -0.05) is 24.3 Å². The lowest BCUT2D eigenvalue weighted by Gasteiger charge is -2.28. The van der Waals surface area contributed by atoms with E-state index in [9.17, 15) is 9.90 Å². The van der Waals surface area contributed by atoms with E-state index in [0.717, 1.165) is 18.5 Å². The maximum Gasteiger partial charge on any atom is 0.503 e. The molecule has 0 bridgehead atoms. The van der Waals surface area contributed by atoms with Crippen molar-refractivity contribution in [2.75, 3.05) is 19.7 Å². The number of aliphatic hydroxyl groups excluding tert-OH is 1. The van der Waals surface area contributed by atoms with E-state index in [1.54, 1.807) is 0 Å². The lowest BCUT2D eigenvalue weighted by Crippen LogP contribution is -2.39. The third-order valence-corrected chi connectivity index (χ3v) is 3.78. The smallest absolute Gasteiger partial charge is 0.466 e. The summed E-state index contributed by atoms with van der Waals surface area (Å²) >= 11 is 0. The van der Waals surface area contributed by atoms with Crippen LogP contribution in [0.1, 0.15) is 36.8 Å². The highest BCUT2D eigenvalue weighted by Gasteiger charge is 2.24. The van der Waals surface area contributed by atoms with Crippen LogP contribution in [0.4, 0.5) is 4.79 Å². The summed E-state index contributed by atoms with van der Waals surface area (Å²) in [6.07, 6.45) is -0.0606. The van der Waals surface area contributed by atoms with Crippen molar-refractivity contribution in [3.63, 3.8) is 0 Å². The number of nitrogens with one attached hydrogen (secondary N) is 1. The molecule has 1 heterocycles. The Morgan fingerprint density at radius 1 is 1.25 bits per heavy atom. The summed E-state index contributed by atoms with van der Waals surface area (Å²) in [6, 6.07) is 8.23. The summed E-state index contributed by atoms with van der Waals surface area (Å²) < 4.78 is 4.92. The van der Waals surface area contributed by atoms with Gasteiger partial charge in [0, 0.05) is 18.9 Å². The van der Waals surface area contributed by atoms with E-state index in [2.05, 4.69) is 17.4 Å². The number of benzene rings is 1. The molecular formula is C17H25NO6. The van der Waals surface area contributed by atoms with Crippen LogP contribution in [0.3, 0.4) is 0 Å². The van der Waals surface area contributed by atoms with Crippen LogP contribution in [0, 0.1) is 0 Å². The average molecular weight is 339 g/mol. The Balaban J connectivity index is 0.000000648. The molecule has 0 aliphatic carbocycles. The highest BCUT2D eigenvalue weighted by molar-refractivity contribution is 5.69. The molecule has 2 unspecified atom stereocenters. The van der Waals surface area contributed by atoms with Crippen LogP contribution < -0.4 is 5.32 Å². The van der Waals surface area contributed by atoms with Gasteiger partial charge in [-0.25, -0.2) is 4.79 Å². The molecule has 1 aliphatic rings. The second-order valence-corrected chi connectivity index (χ2v) is 5.50. The van der Waals surface area contributed by atoms with E-state index >= 15 is 0 Å². The number of piperidine rings is 1. The molecule has 1 saturated heterocycles. The number of rotatable bonds is 5. The molecule has 0 radical (unpaired) electrons. The first-order chi connectivity index (χ1) is 11.4. The first-order valence-electron chi connectivity index (χ1n) is 7.99. The molecular weight excluding hydrogens is 314 g/mol. The Hall–Kier alpha value is -2.12. The van der Waals surface area contributed by atoms with Crippen LogP contribution in [-0.2, 0) is 16.0 Å². The third-order valence-electron chi connectivity index (χ3n) is 3.78. The number of carbonyl (C=O) groups excluding carboxylic acids is 1. The molecule has 7 heteroatoms. The molecule has 1 aliphatic heterocycles. The molecule has 0 saturated carbocycles. The van der Waals surface area contributed by atoms with Crippen LogP contribution >= 0.6 is 0 Å². The number of ether oxygens (including phenoxy) is 1. The Morgan fingerprint density at radius 3 is 2.42 bits per heavy atom. The molecule has 24 heavy (non-hydrogen) atoms. The molecule has 7 nitrogen and oxygen atoms in total. The molecule has 2 atom stereocenters. The van der Waals surface area contributed by atoms with E-state index in [4.69, 9.17) is 19.7 Å². The van der Waals surface area contributed by atoms with Crippen molar-refractivity contribution in [2.45, 2.75) is 38.2 Å². The van der Waals surface area contributed by atoms with Crippen molar-refractivity contribution in [3.05, 3.63) is 35.4 Å². The second-order valence-electron chi connectivity index (χ2n) is 5.50. The second kappa shape index (κ2) is 10.6. The summed E-state index contributed by atoms with van der Waals surface area (Å²) in [5.74, 6) is 0.0701. The highest BCUT2D eigenvalue weighted by Crippen LogP contribution is 2.26. The van der Waals surface area contributed by atoms with E-state index in [1.165, 1.54) is 5.56 Å². The average Bonchev–Trinajstić information content (AvgIpc) is 2.54. The fourth-order valence-corrected chi connectivity index (χ4v) is 2.64. The fourth-order valence-electron chi connectivity index (χ4n) is 2.64. The normalized spacial score (nSPS) is 19.8. The number of β-amino-alcohol motifs (C(OH)–C–C–N with tert-alkyl or cyclic N) is 1. The van der Waals surface area contributed by atoms with Gasteiger partial charge in [0.1, 0.15) is 0 Å². The van der Waals surface area contributed by atoms with Gasteiger partial charge in [-0.2, -0.15) is 0 Å². The van der Waals surface area contributed by atoms with Crippen molar-refractivity contribution >= 4 is 12.1 Å². The van der Waals surface area contributed by atoms with Crippen molar-refractivity contribution in [1.82, 2.24) is 5.32 Å². The zero-order valence-corrected chi connectivity index (χ0v) is 13.8. The van der Waals surface area contributed by atoms with Crippen LogP contribution in [0.5, 0.6) is 0 Å². The molecule has 0 aromatic heterocycles. The predicted molar refractivity (Wildman–Crippen MR) is 88.3 cm³/mol. The first kappa shape index (κ1) is 19.9. The number of hydrogen-bond donors (Lipinski definition) is 4. The maximum absolute atomic E-state index is 11.3. The minimum Gasteiger partial charge on any atom is -0.466 e. The SMILES string of the molecule is CCOC(=O)CCc1ccc(C2CCNCC2O)cc1.O=C(O)O. The highest BCUT2D eigenvalue weighted by atomic mass is 16.6. The molecule has 0 amide bonds. The molecule has 1 aromatic carbocycles. The van der Waals surface area contributed by atoms with Crippen LogP contribution in [-0.4, -0.2) is 53.2 Å². The number of carboxylic acid groups (broad SMARTS) is 2. The van der Waals surface area contributed by atoms with E-state index in [0.29, 0.717) is 26.0 Å². The van der Waals surface area contributed by atoms with Crippen LogP contribution in [0.2, 0.25) is 0 Å². The van der Waals surface area contributed by atoms with Gasteiger partial charge in [0.15, 0.2) is 0 Å². The summed E-state index contributed by atoms with van der Waals surface area (Å²) in [5, 5.41) is 27.1. The van der Waals surface area contributed by atoms with Crippen molar-refractivity contribution < 1.29 is 29.6 Å². The molecule has 0 spiro atoms. The van der Waals surface area contributed by atoms with Crippen molar-refractivity contribution in [3.8, 4) is 0 Å². The summed E-state index contributed by atoms with van der Waals surface area (Å²) in [5.41, 5.74) is 2.31. The summed E-state index contributed by atoms with van der Waals surface area (Å²) in [4.78, 5) is 19.9. The first-order valence-corrected chi connectivity index (χ1v) is 7.99. The van der Waals surface area contributed by atoms with Crippen LogP contribution in [0.25, 0.3) is 0 Å². The Kier molecular flexibility index (Phi) is 8.81. The van der Waals surface area contributed by atoms with Gasteiger partial charge in [0.05, 0.1) is 12.7 Å². The minimum atomic E-state index is -1.83. The standard InChI is InChI=1S/C16H23NO3.CH2O3/c1-2-20-16(19)8-5-12-3-6-13(7-4-12)14-9-10-17-11-15(14)18;2-1(3)4/h3-4,6-7,14-15,17-18H,2,5,8-11H2,1H3;(H2,2,3,4). The molecule has 1 fully saturated rings. The number of aliphatic hydroxyl groups is 1. The Bertz CT molecular complexity index is 512. The monoisotopic (exact) mass is 339 g/mol. The zero-order valence-electron chi connectivity index (χ0n) is 13.8. The van der Waals surface area contributed by atoms with E-state index in [1.807, 2.05) is 19.1 Å². The molecule has 134 valence electrons. The van der Waals surface area contributed by atoms with Gasteiger partial charge in [-0.3, -0.25) is 4.79 Å². The van der Waals surface area contributed by atoms with E-state index < -0.39 is 6.16 Å². The van der Waals surface area contributed by atoms with Gasteiger partial charge < -0.3 is 25.4 Å². The molecule has 4 N–H and O–H groups in total. The zero-order chi connectivity index (χ0) is 17.9. The molecule has 1 aromatic rings. The molecule has 2 rings (SSSR count). The van der Waals surface area contributed by atoms with Gasteiger partial charge in [-0.05, 0) is 37.4 Å². The number of carbonyl (C=O) groups is 2. The predicted octanol–water partition coefficient (Wildman–Crippen LogP) is 1.84. The lowest BCUT2D eigenvalue weighted by atomic mass is 9.87. The van der Waals surface area contributed by atoms with Crippen molar-refractivity contribution in [2.24, 2.45) is 0 Å². The van der Waals surface area contributed by atoms with Gasteiger partial charge in [0.25, 0.3) is 0 Å². The third kappa shape index (κ3) is 7.43. The summed E-state index contributed by atoms with van der Waals surface area (Å²) in [6.45, 7) is 3.87. The quantitative estimate of drug-likeness (QED) is 0.605. The van der Waals surface area contributed by atoms with Crippen LogP contribution in [0.15, 0.2) is 24.3 Å². The lowest BCUT2D eigenvalue weighted by molar-refractivity contribution is -0.143. The topological polar surface area (TPSA) is 116 Å². The number of hydrogen-bond acceptors (Lipinski definition) is 5. The van der Waals surface area contributed by atoms with E-state index in [-0.39, 0.29) is 18.0 Å². The number of esters is 1. The fraction of sp³-hybridized carbons (Fsp3) is 0.529.